The third-order valence-electron chi connectivity index (χ3n) is 2.94. The van der Waals surface area contributed by atoms with Gasteiger partial charge < -0.3 is 16.0 Å². The van der Waals surface area contributed by atoms with Gasteiger partial charge in [-0.3, -0.25) is 19.9 Å². The Bertz CT molecular complexity index is 718. The zero-order chi connectivity index (χ0) is 17.4. The van der Waals surface area contributed by atoms with Crippen molar-refractivity contribution in [3.63, 3.8) is 0 Å². The molecule has 9 nitrogen and oxygen atoms in total. The number of aromatic nitrogens is 1. The fraction of sp³-hybridized carbons (Fsp3) is 0.133. The van der Waals surface area contributed by atoms with Crippen molar-refractivity contribution in [3.05, 3.63) is 58.9 Å². The molecule has 3 N–H and O–H groups in total. The Morgan fingerprint density at radius 1 is 1.00 bits per heavy atom. The molecule has 0 radical (unpaired) electrons. The number of nitro benzene ring substituents is 1. The summed E-state index contributed by atoms with van der Waals surface area (Å²) in [5.74, 6) is -0.239. The predicted octanol–water partition coefficient (Wildman–Crippen LogP) is 2.14. The fourth-order valence-corrected chi connectivity index (χ4v) is 1.79. The van der Waals surface area contributed by atoms with Crippen molar-refractivity contribution in [1.82, 2.24) is 10.3 Å². The zero-order valence-electron chi connectivity index (χ0n) is 12.6. The molecule has 0 saturated carbocycles. The summed E-state index contributed by atoms with van der Waals surface area (Å²) in [5.41, 5.74) is 0.985. The monoisotopic (exact) mass is 329 g/mol. The number of rotatable bonds is 6. The van der Waals surface area contributed by atoms with Gasteiger partial charge >= 0.3 is 6.03 Å². The summed E-state index contributed by atoms with van der Waals surface area (Å²) in [6.45, 7) is 0.149. The van der Waals surface area contributed by atoms with Gasteiger partial charge in [0.05, 0.1) is 4.92 Å². The average Bonchev–Trinajstić information content (AvgIpc) is 2.56. The molecule has 0 aliphatic heterocycles. The maximum atomic E-state index is 11.7. The fourth-order valence-electron chi connectivity index (χ4n) is 1.79. The summed E-state index contributed by atoms with van der Waals surface area (Å²) in [6.07, 6.45) is 3.23. The molecule has 0 fully saturated rings. The lowest BCUT2D eigenvalue weighted by molar-refractivity contribution is -0.384. The molecule has 124 valence electrons. The molecule has 1 aromatic carbocycles. The van der Waals surface area contributed by atoms with E-state index in [1.54, 1.807) is 24.5 Å². The lowest BCUT2D eigenvalue weighted by atomic mass is 10.3. The second kappa shape index (κ2) is 8.22. The molecule has 1 heterocycles. The molecular formula is C15H15N5O4. The topological polar surface area (TPSA) is 126 Å². The summed E-state index contributed by atoms with van der Waals surface area (Å²) in [7, 11) is 0. The van der Waals surface area contributed by atoms with Crippen LogP contribution in [0.15, 0.2) is 48.8 Å². The van der Waals surface area contributed by atoms with Crippen LogP contribution in [0.4, 0.5) is 21.9 Å². The number of non-ortho nitro benzene ring substituents is 1. The van der Waals surface area contributed by atoms with E-state index >= 15 is 0 Å². The highest BCUT2D eigenvalue weighted by Crippen LogP contribution is 2.15. The standard InChI is InChI=1S/C15H15N5O4/c21-14(18-12-5-8-16-9-6-12)7-10-17-15(22)19-11-1-3-13(4-2-11)20(23)24/h1-6,8-9H,7,10H2,(H,16,18,21)(H2,17,19,22). The minimum atomic E-state index is -0.523. The van der Waals surface area contributed by atoms with E-state index < -0.39 is 11.0 Å². The highest BCUT2D eigenvalue weighted by Gasteiger charge is 2.07. The van der Waals surface area contributed by atoms with Gasteiger partial charge in [0.15, 0.2) is 0 Å². The van der Waals surface area contributed by atoms with Crippen molar-refractivity contribution in [2.24, 2.45) is 0 Å². The van der Waals surface area contributed by atoms with E-state index in [1.807, 2.05) is 0 Å². The Morgan fingerprint density at radius 3 is 2.25 bits per heavy atom. The largest absolute Gasteiger partial charge is 0.337 e. The van der Waals surface area contributed by atoms with Gasteiger partial charge in [-0.25, -0.2) is 4.79 Å². The molecule has 2 rings (SSSR count). The van der Waals surface area contributed by atoms with Crippen LogP contribution in [0.1, 0.15) is 6.42 Å². The maximum absolute atomic E-state index is 11.7. The van der Waals surface area contributed by atoms with Crippen molar-refractivity contribution in [1.29, 1.82) is 0 Å². The third-order valence-corrected chi connectivity index (χ3v) is 2.94. The summed E-state index contributed by atoms with van der Waals surface area (Å²) < 4.78 is 0. The van der Waals surface area contributed by atoms with Crippen LogP contribution >= 0.6 is 0 Å². The number of pyridine rings is 1. The molecule has 0 aliphatic carbocycles. The zero-order valence-corrected chi connectivity index (χ0v) is 12.6. The number of anilines is 2. The van der Waals surface area contributed by atoms with E-state index in [9.17, 15) is 19.7 Å². The van der Waals surface area contributed by atoms with Crippen LogP contribution in [0.2, 0.25) is 0 Å². The van der Waals surface area contributed by atoms with E-state index in [1.165, 1.54) is 24.3 Å². The molecule has 9 heteroatoms. The van der Waals surface area contributed by atoms with Gasteiger partial charge in [-0.05, 0) is 24.3 Å². The highest BCUT2D eigenvalue weighted by atomic mass is 16.6. The number of hydrogen-bond acceptors (Lipinski definition) is 5. The SMILES string of the molecule is O=C(CCNC(=O)Nc1ccc([N+](=O)[O-])cc1)Nc1ccncc1. The number of amides is 3. The Morgan fingerprint density at radius 2 is 1.62 bits per heavy atom. The minimum Gasteiger partial charge on any atom is -0.337 e. The van der Waals surface area contributed by atoms with Gasteiger partial charge in [-0.2, -0.15) is 0 Å². The summed E-state index contributed by atoms with van der Waals surface area (Å²) in [5, 5.41) is 18.2. The molecule has 24 heavy (non-hydrogen) atoms. The predicted molar refractivity (Wildman–Crippen MR) is 87.6 cm³/mol. The molecule has 2 aromatic rings. The number of nitrogens with zero attached hydrogens (tertiary/aromatic N) is 2. The van der Waals surface area contributed by atoms with Crippen LogP contribution in [0.25, 0.3) is 0 Å². The van der Waals surface area contributed by atoms with Gasteiger partial charge in [0.1, 0.15) is 0 Å². The second-order valence-corrected chi connectivity index (χ2v) is 4.72. The van der Waals surface area contributed by atoms with Crippen LogP contribution in [-0.4, -0.2) is 28.4 Å². The molecule has 0 unspecified atom stereocenters. The van der Waals surface area contributed by atoms with Crippen LogP contribution in [0, 0.1) is 10.1 Å². The third kappa shape index (κ3) is 5.37. The van der Waals surface area contributed by atoms with Crippen molar-refractivity contribution >= 4 is 29.0 Å². The first-order chi connectivity index (χ1) is 11.5. The van der Waals surface area contributed by atoms with Gasteiger partial charge in [0.25, 0.3) is 5.69 Å². The molecule has 0 bridgehead atoms. The van der Waals surface area contributed by atoms with E-state index in [0.717, 1.165) is 0 Å². The van der Waals surface area contributed by atoms with E-state index in [4.69, 9.17) is 0 Å². The minimum absolute atomic E-state index is 0.0614. The Labute approximate surface area is 137 Å². The molecule has 1 aromatic heterocycles. The average molecular weight is 329 g/mol. The molecule has 0 aliphatic rings. The highest BCUT2D eigenvalue weighted by molar-refractivity contribution is 5.92. The molecule has 0 spiro atoms. The number of hydrogen-bond donors (Lipinski definition) is 3. The molecule has 0 saturated heterocycles. The van der Waals surface area contributed by atoms with E-state index in [-0.39, 0.29) is 24.6 Å². The summed E-state index contributed by atoms with van der Waals surface area (Å²) in [4.78, 5) is 37.2. The van der Waals surface area contributed by atoms with Crippen LogP contribution < -0.4 is 16.0 Å². The first kappa shape index (κ1) is 16.9. The van der Waals surface area contributed by atoms with Gasteiger partial charge in [0.2, 0.25) is 5.91 Å². The van der Waals surface area contributed by atoms with Gasteiger partial charge in [0, 0.05) is 48.9 Å². The number of nitro groups is 1. The number of nitrogens with one attached hydrogen (secondary N) is 3. The lowest BCUT2D eigenvalue weighted by Crippen LogP contribution is -2.31. The number of urea groups is 1. The summed E-state index contributed by atoms with van der Waals surface area (Å²) in [6, 6.07) is 8.25. The van der Waals surface area contributed by atoms with E-state index in [2.05, 4.69) is 20.9 Å². The smallest absolute Gasteiger partial charge is 0.319 e. The summed E-state index contributed by atoms with van der Waals surface area (Å²) >= 11 is 0. The quantitative estimate of drug-likeness (QED) is 0.553. The van der Waals surface area contributed by atoms with Crippen molar-refractivity contribution in [2.45, 2.75) is 6.42 Å². The van der Waals surface area contributed by atoms with Gasteiger partial charge in [-0.15, -0.1) is 0 Å². The van der Waals surface area contributed by atoms with Crippen molar-refractivity contribution < 1.29 is 14.5 Å². The van der Waals surface area contributed by atoms with Crippen LogP contribution in [0.5, 0.6) is 0 Å². The normalized spacial score (nSPS) is 9.83. The number of carbonyl (C=O) groups is 2. The second-order valence-electron chi connectivity index (χ2n) is 4.72. The Balaban J connectivity index is 1.71. The molecular weight excluding hydrogens is 314 g/mol. The maximum Gasteiger partial charge on any atom is 0.319 e. The number of carbonyl (C=O) groups excluding carboxylic acids is 2. The molecule has 0 atom stereocenters. The van der Waals surface area contributed by atoms with Crippen LogP contribution in [-0.2, 0) is 4.79 Å². The first-order valence-electron chi connectivity index (χ1n) is 7.04. The van der Waals surface area contributed by atoms with Crippen molar-refractivity contribution in [2.75, 3.05) is 17.2 Å². The molecule has 3 amide bonds. The van der Waals surface area contributed by atoms with E-state index in [0.29, 0.717) is 11.4 Å². The van der Waals surface area contributed by atoms with Crippen molar-refractivity contribution in [3.8, 4) is 0 Å². The Hall–Kier alpha value is -3.49. The number of benzene rings is 1. The lowest BCUT2D eigenvalue weighted by Gasteiger charge is -2.08. The Kier molecular flexibility index (Phi) is 5.78. The first-order valence-corrected chi connectivity index (χ1v) is 7.04. The van der Waals surface area contributed by atoms with Gasteiger partial charge in [-0.1, -0.05) is 0 Å². The van der Waals surface area contributed by atoms with Crippen LogP contribution in [0.3, 0.4) is 0 Å².